The molecule has 4 heteroatoms. The van der Waals surface area contributed by atoms with Gasteiger partial charge in [-0.05, 0) is 32.1 Å². The summed E-state index contributed by atoms with van der Waals surface area (Å²) in [4.78, 5) is 4.63. The zero-order valence-corrected chi connectivity index (χ0v) is 10.9. The fourth-order valence-electron chi connectivity index (χ4n) is 1.94. The van der Waals surface area contributed by atoms with Gasteiger partial charge in [-0.25, -0.2) is 0 Å². The van der Waals surface area contributed by atoms with Crippen molar-refractivity contribution in [2.45, 2.75) is 57.6 Å². The van der Waals surface area contributed by atoms with E-state index in [1.54, 1.807) is 0 Å². The van der Waals surface area contributed by atoms with Crippen molar-refractivity contribution in [3.8, 4) is 0 Å². The molecule has 1 saturated heterocycles. The summed E-state index contributed by atoms with van der Waals surface area (Å²) in [6, 6.07) is 0.660. The van der Waals surface area contributed by atoms with Gasteiger partial charge in [0.1, 0.15) is 0 Å². The molecule has 0 aromatic carbocycles. The Morgan fingerprint density at radius 1 is 1.35 bits per heavy atom. The first-order valence-electron chi connectivity index (χ1n) is 7.05. The van der Waals surface area contributed by atoms with Crippen molar-refractivity contribution in [1.29, 1.82) is 0 Å². The van der Waals surface area contributed by atoms with Gasteiger partial charge in [-0.1, -0.05) is 13.3 Å². The van der Waals surface area contributed by atoms with E-state index in [9.17, 15) is 0 Å². The molecule has 0 radical (unpaired) electrons. The number of rotatable bonds is 6. The summed E-state index contributed by atoms with van der Waals surface area (Å²) in [7, 11) is 0. The molecule has 0 aromatic heterocycles. The number of unbranched alkanes of at least 4 members (excludes halogenated alkanes) is 1. The number of guanidine groups is 1. The molecule has 2 N–H and O–H groups in total. The fraction of sp³-hybridized carbons (Fsp3) is 0.923. The number of nitrogens with one attached hydrogen (secondary N) is 2. The second-order valence-electron chi connectivity index (χ2n) is 5.02. The lowest BCUT2D eigenvalue weighted by atomic mass is 10.2. The Morgan fingerprint density at radius 3 is 2.88 bits per heavy atom. The van der Waals surface area contributed by atoms with Crippen LogP contribution in [-0.4, -0.2) is 37.8 Å². The van der Waals surface area contributed by atoms with Crippen molar-refractivity contribution in [3.05, 3.63) is 0 Å². The summed E-state index contributed by atoms with van der Waals surface area (Å²) in [6.45, 7) is 4.93. The second-order valence-corrected chi connectivity index (χ2v) is 5.02. The number of ether oxygens (including phenoxy) is 1. The van der Waals surface area contributed by atoms with Crippen molar-refractivity contribution >= 4 is 5.96 Å². The SMILES string of the molecule is CCCCNC(=NC[C@H]1CCCO1)NC1CC1. The molecule has 1 saturated carbocycles. The van der Waals surface area contributed by atoms with Crippen molar-refractivity contribution in [2.24, 2.45) is 4.99 Å². The zero-order chi connectivity index (χ0) is 11.9. The van der Waals surface area contributed by atoms with Gasteiger partial charge in [0.25, 0.3) is 0 Å². The van der Waals surface area contributed by atoms with Crippen LogP contribution in [0.15, 0.2) is 4.99 Å². The van der Waals surface area contributed by atoms with Gasteiger partial charge < -0.3 is 15.4 Å². The van der Waals surface area contributed by atoms with E-state index in [0.717, 1.165) is 32.1 Å². The number of hydrogen-bond donors (Lipinski definition) is 2. The monoisotopic (exact) mass is 239 g/mol. The molecule has 1 heterocycles. The van der Waals surface area contributed by atoms with Gasteiger partial charge in [-0.15, -0.1) is 0 Å². The molecular formula is C13H25N3O. The third-order valence-electron chi connectivity index (χ3n) is 3.22. The molecule has 4 nitrogen and oxygen atoms in total. The molecule has 1 atom stereocenters. The number of hydrogen-bond acceptors (Lipinski definition) is 2. The number of nitrogens with zero attached hydrogens (tertiary/aromatic N) is 1. The maximum Gasteiger partial charge on any atom is 0.191 e. The first kappa shape index (κ1) is 12.7. The lowest BCUT2D eigenvalue weighted by molar-refractivity contribution is 0.117. The normalized spacial score (nSPS) is 25.0. The molecule has 1 aliphatic carbocycles. The third-order valence-corrected chi connectivity index (χ3v) is 3.22. The van der Waals surface area contributed by atoms with Crippen molar-refractivity contribution in [3.63, 3.8) is 0 Å². The molecule has 0 spiro atoms. The van der Waals surface area contributed by atoms with E-state index in [-0.39, 0.29) is 0 Å². The van der Waals surface area contributed by atoms with Gasteiger partial charge in [-0.3, -0.25) is 4.99 Å². The zero-order valence-electron chi connectivity index (χ0n) is 10.9. The third kappa shape index (κ3) is 4.94. The Balaban J connectivity index is 1.72. The van der Waals surface area contributed by atoms with Crippen molar-refractivity contribution < 1.29 is 4.74 Å². The van der Waals surface area contributed by atoms with Gasteiger partial charge >= 0.3 is 0 Å². The molecular weight excluding hydrogens is 214 g/mol. The second kappa shape index (κ2) is 6.84. The van der Waals surface area contributed by atoms with Crippen LogP contribution in [0.4, 0.5) is 0 Å². The topological polar surface area (TPSA) is 45.7 Å². The molecule has 0 bridgehead atoms. The quantitative estimate of drug-likeness (QED) is 0.421. The Labute approximate surface area is 104 Å². The van der Waals surface area contributed by atoms with Gasteiger partial charge in [0.2, 0.25) is 0 Å². The average molecular weight is 239 g/mol. The molecule has 2 rings (SSSR count). The Kier molecular flexibility index (Phi) is 5.10. The fourth-order valence-corrected chi connectivity index (χ4v) is 1.94. The Bertz CT molecular complexity index is 245. The minimum absolute atomic E-state index is 0.346. The van der Waals surface area contributed by atoms with E-state index in [0.29, 0.717) is 12.1 Å². The molecule has 0 amide bonds. The minimum atomic E-state index is 0.346. The Hall–Kier alpha value is -0.770. The van der Waals surface area contributed by atoms with Gasteiger partial charge in [0, 0.05) is 19.2 Å². The highest BCUT2D eigenvalue weighted by atomic mass is 16.5. The summed E-state index contributed by atoms with van der Waals surface area (Å²) in [5, 5.41) is 6.86. The van der Waals surface area contributed by atoms with E-state index in [1.165, 1.54) is 32.1 Å². The summed E-state index contributed by atoms with van der Waals surface area (Å²) in [5.74, 6) is 0.983. The molecule has 2 fully saturated rings. The smallest absolute Gasteiger partial charge is 0.191 e. The Morgan fingerprint density at radius 2 is 2.24 bits per heavy atom. The largest absolute Gasteiger partial charge is 0.376 e. The standard InChI is InChI=1S/C13H25N3O/c1-2-3-8-14-13(16-11-6-7-11)15-10-12-5-4-9-17-12/h11-12H,2-10H2,1H3,(H2,14,15,16)/t12-/m1/s1. The van der Waals surface area contributed by atoms with Gasteiger partial charge in [0.15, 0.2) is 5.96 Å². The summed E-state index contributed by atoms with van der Waals surface area (Å²) < 4.78 is 5.59. The highest BCUT2D eigenvalue weighted by Gasteiger charge is 2.22. The lowest BCUT2D eigenvalue weighted by Gasteiger charge is -2.13. The summed E-state index contributed by atoms with van der Waals surface area (Å²) >= 11 is 0. The summed E-state index contributed by atoms with van der Waals surface area (Å²) in [5.41, 5.74) is 0. The molecule has 17 heavy (non-hydrogen) atoms. The first-order chi connectivity index (χ1) is 8.38. The van der Waals surface area contributed by atoms with Crippen LogP contribution < -0.4 is 10.6 Å². The minimum Gasteiger partial charge on any atom is -0.376 e. The summed E-state index contributed by atoms with van der Waals surface area (Å²) in [6.07, 6.45) is 7.69. The maximum absolute atomic E-state index is 5.59. The van der Waals surface area contributed by atoms with E-state index in [1.807, 2.05) is 0 Å². The number of aliphatic imine (C=N–C) groups is 1. The highest BCUT2D eigenvalue weighted by molar-refractivity contribution is 5.80. The molecule has 0 aromatic rings. The predicted octanol–water partition coefficient (Wildman–Crippen LogP) is 1.66. The van der Waals surface area contributed by atoms with Crippen LogP contribution in [0, 0.1) is 0 Å². The molecule has 98 valence electrons. The lowest BCUT2D eigenvalue weighted by Crippen LogP contribution is -2.39. The molecule has 2 aliphatic rings. The van der Waals surface area contributed by atoms with Crippen LogP contribution in [0.5, 0.6) is 0 Å². The van der Waals surface area contributed by atoms with Crippen LogP contribution in [0.1, 0.15) is 45.4 Å². The van der Waals surface area contributed by atoms with Crippen LogP contribution >= 0.6 is 0 Å². The van der Waals surface area contributed by atoms with Crippen LogP contribution in [0.3, 0.4) is 0 Å². The van der Waals surface area contributed by atoms with Crippen LogP contribution in [0.25, 0.3) is 0 Å². The van der Waals surface area contributed by atoms with Gasteiger partial charge in [-0.2, -0.15) is 0 Å². The first-order valence-corrected chi connectivity index (χ1v) is 7.05. The van der Waals surface area contributed by atoms with Crippen LogP contribution in [0.2, 0.25) is 0 Å². The predicted molar refractivity (Wildman–Crippen MR) is 70.3 cm³/mol. The van der Waals surface area contributed by atoms with E-state index >= 15 is 0 Å². The molecule has 0 unspecified atom stereocenters. The van der Waals surface area contributed by atoms with E-state index < -0.39 is 0 Å². The van der Waals surface area contributed by atoms with E-state index in [2.05, 4.69) is 22.5 Å². The highest BCUT2D eigenvalue weighted by Crippen LogP contribution is 2.18. The van der Waals surface area contributed by atoms with E-state index in [4.69, 9.17) is 4.74 Å². The van der Waals surface area contributed by atoms with Gasteiger partial charge in [0.05, 0.1) is 12.6 Å². The van der Waals surface area contributed by atoms with Crippen LogP contribution in [-0.2, 0) is 4.74 Å². The maximum atomic E-state index is 5.59. The average Bonchev–Trinajstić information content (AvgIpc) is 2.99. The van der Waals surface area contributed by atoms with Crippen molar-refractivity contribution in [1.82, 2.24) is 10.6 Å². The molecule has 1 aliphatic heterocycles. The van der Waals surface area contributed by atoms with Crippen molar-refractivity contribution in [2.75, 3.05) is 19.7 Å².